The number of likely N-dealkylation sites (N-methyl/N-ethyl adjacent to an activating group) is 1. The molecule has 4 nitrogen and oxygen atoms in total. The van der Waals surface area contributed by atoms with E-state index in [4.69, 9.17) is 5.73 Å². The third-order valence-corrected chi connectivity index (χ3v) is 3.09. The monoisotopic (exact) mass is 214 g/mol. The Morgan fingerprint density at radius 2 is 1.93 bits per heavy atom. The molecule has 0 aromatic heterocycles. The average molecular weight is 214 g/mol. The SMILES string of the molecule is CC(CN)NCCCN1CCN(C)CC1. The van der Waals surface area contributed by atoms with Gasteiger partial charge < -0.3 is 20.9 Å². The maximum Gasteiger partial charge on any atom is 0.0161 e. The van der Waals surface area contributed by atoms with Gasteiger partial charge in [0.1, 0.15) is 0 Å². The van der Waals surface area contributed by atoms with Crippen molar-refractivity contribution in [2.75, 3.05) is 52.9 Å². The van der Waals surface area contributed by atoms with E-state index in [9.17, 15) is 0 Å². The van der Waals surface area contributed by atoms with Crippen LogP contribution in [0.5, 0.6) is 0 Å². The normalized spacial score (nSPS) is 21.8. The fraction of sp³-hybridized carbons (Fsp3) is 1.00. The van der Waals surface area contributed by atoms with Crippen molar-refractivity contribution in [3.8, 4) is 0 Å². The van der Waals surface area contributed by atoms with E-state index < -0.39 is 0 Å². The highest BCUT2D eigenvalue weighted by Crippen LogP contribution is 1.99. The van der Waals surface area contributed by atoms with Crippen molar-refractivity contribution in [3.63, 3.8) is 0 Å². The van der Waals surface area contributed by atoms with Gasteiger partial charge in [0.05, 0.1) is 0 Å². The molecule has 0 amide bonds. The summed E-state index contributed by atoms with van der Waals surface area (Å²) in [5.41, 5.74) is 5.53. The second kappa shape index (κ2) is 7.17. The maximum absolute atomic E-state index is 5.53. The van der Waals surface area contributed by atoms with Crippen LogP contribution in [0.15, 0.2) is 0 Å². The Morgan fingerprint density at radius 3 is 2.53 bits per heavy atom. The molecule has 1 aliphatic rings. The van der Waals surface area contributed by atoms with Crippen LogP contribution < -0.4 is 11.1 Å². The van der Waals surface area contributed by atoms with E-state index in [1.54, 1.807) is 0 Å². The summed E-state index contributed by atoms with van der Waals surface area (Å²) < 4.78 is 0. The smallest absolute Gasteiger partial charge is 0.0161 e. The van der Waals surface area contributed by atoms with Crippen molar-refractivity contribution >= 4 is 0 Å². The molecule has 0 saturated carbocycles. The van der Waals surface area contributed by atoms with Crippen LogP contribution in [-0.2, 0) is 0 Å². The van der Waals surface area contributed by atoms with Crippen LogP contribution >= 0.6 is 0 Å². The molecule has 1 unspecified atom stereocenters. The zero-order valence-corrected chi connectivity index (χ0v) is 10.2. The summed E-state index contributed by atoms with van der Waals surface area (Å²) in [6.45, 7) is 10.1. The lowest BCUT2D eigenvalue weighted by Gasteiger charge is -2.32. The molecule has 3 N–H and O–H groups in total. The molecule has 0 spiro atoms. The van der Waals surface area contributed by atoms with Gasteiger partial charge in [-0.05, 0) is 33.5 Å². The van der Waals surface area contributed by atoms with Gasteiger partial charge >= 0.3 is 0 Å². The van der Waals surface area contributed by atoms with Gasteiger partial charge in [-0.3, -0.25) is 0 Å². The van der Waals surface area contributed by atoms with E-state index >= 15 is 0 Å². The molecule has 1 saturated heterocycles. The third-order valence-electron chi connectivity index (χ3n) is 3.09. The van der Waals surface area contributed by atoms with Gasteiger partial charge in [0.15, 0.2) is 0 Å². The van der Waals surface area contributed by atoms with Gasteiger partial charge in [-0.1, -0.05) is 0 Å². The first-order valence-electron chi connectivity index (χ1n) is 6.06. The van der Waals surface area contributed by atoms with E-state index in [1.165, 1.54) is 39.1 Å². The molecule has 90 valence electrons. The molecule has 4 heteroatoms. The van der Waals surface area contributed by atoms with Crippen molar-refractivity contribution in [2.24, 2.45) is 5.73 Å². The lowest BCUT2D eigenvalue weighted by Crippen LogP contribution is -2.45. The summed E-state index contributed by atoms with van der Waals surface area (Å²) in [6.07, 6.45) is 1.23. The zero-order chi connectivity index (χ0) is 11.1. The third kappa shape index (κ3) is 5.47. The summed E-state index contributed by atoms with van der Waals surface area (Å²) in [5.74, 6) is 0. The molecule has 1 fully saturated rings. The van der Waals surface area contributed by atoms with E-state index in [-0.39, 0.29) is 0 Å². The predicted molar refractivity (Wildman–Crippen MR) is 65.1 cm³/mol. The molecule has 15 heavy (non-hydrogen) atoms. The van der Waals surface area contributed by atoms with Gasteiger partial charge in [-0.15, -0.1) is 0 Å². The summed E-state index contributed by atoms with van der Waals surface area (Å²) in [4.78, 5) is 4.94. The molecule has 0 aliphatic carbocycles. The Hall–Kier alpha value is -0.160. The Labute approximate surface area is 93.8 Å². The first-order valence-corrected chi connectivity index (χ1v) is 6.06. The Kier molecular flexibility index (Phi) is 6.17. The van der Waals surface area contributed by atoms with E-state index in [1.807, 2.05) is 0 Å². The number of rotatable bonds is 6. The standard InChI is InChI=1S/C11H26N4/c1-11(10-12)13-4-3-5-15-8-6-14(2)7-9-15/h11,13H,3-10,12H2,1-2H3. The average Bonchev–Trinajstić information content (AvgIpc) is 2.26. The highest BCUT2D eigenvalue weighted by atomic mass is 15.2. The minimum atomic E-state index is 0.456. The molecule has 0 bridgehead atoms. The minimum absolute atomic E-state index is 0.456. The zero-order valence-electron chi connectivity index (χ0n) is 10.2. The van der Waals surface area contributed by atoms with Gasteiger partial charge in [0.25, 0.3) is 0 Å². The fourth-order valence-electron chi connectivity index (χ4n) is 1.81. The molecule has 1 heterocycles. The van der Waals surface area contributed by atoms with Gasteiger partial charge in [0, 0.05) is 38.8 Å². The number of piperazine rings is 1. The van der Waals surface area contributed by atoms with Crippen LogP contribution in [0, 0.1) is 0 Å². The second-order valence-electron chi connectivity index (χ2n) is 4.59. The van der Waals surface area contributed by atoms with Crippen LogP contribution in [-0.4, -0.2) is 68.7 Å². The topological polar surface area (TPSA) is 44.5 Å². The quantitative estimate of drug-likeness (QED) is 0.589. The first-order chi connectivity index (χ1) is 7.22. The lowest BCUT2D eigenvalue weighted by molar-refractivity contribution is 0.152. The lowest BCUT2D eigenvalue weighted by atomic mass is 10.3. The summed E-state index contributed by atoms with van der Waals surface area (Å²) in [5, 5.41) is 3.42. The highest BCUT2D eigenvalue weighted by molar-refractivity contribution is 4.69. The first kappa shape index (κ1) is 12.9. The van der Waals surface area contributed by atoms with Crippen molar-refractivity contribution in [1.82, 2.24) is 15.1 Å². The molecule has 1 rings (SSSR count). The number of nitrogens with two attached hydrogens (primary N) is 1. The molecule has 1 aliphatic heterocycles. The number of nitrogens with zero attached hydrogens (tertiary/aromatic N) is 2. The molecule has 0 aromatic rings. The molecular weight excluding hydrogens is 188 g/mol. The Balaban J connectivity index is 1.96. The largest absolute Gasteiger partial charge is 0.329 e. The predicted octanol–water partition coefficient (Wildman–Crippen LogP) is -0.439. The number of nitrogens with one attached hydrogen (secondary N) is 1. The van der Waals surface area contributed by atoms with Crippen molar-refractivity contribution in [2.45, 2.75) is 19.4 Å². The van der Waals surface area contributed by atoms with Crippen molar-refractivity contribution in [1.29, 1.82) is 0 Å². The van der Waals surface area contributed by atoms with Crippen molar-refractivity contribution < 1.29 is 0 Å². The van der Waals surface area contributed by atoms with E-state index in [2.05, 4.69) is 29.1 Å². The van der Waals surface area contributed by atoms with Crippen LogP contribution in [0.1, 0.15) is 13.3 Å². The number of hydrogen-bond donors (Lipinski definition) is 2. The summed E-state index contributed by atoms with van der Waals surface area (Å²) in [6, 6.07) is 0.456. The van der Waals surface area contributed by atoms with Gasteiger partial charge in [0.2, 0.25) is 0 Å². The number of hydrogen-bond acceptors (Lipinski definition) is 4. The van der Waals surface area contributed by atoms with Crippen LogP contribution in [0.3, 0.4) is 0 Å². The summed E-state index contributed by atoms with van der Waals surface area (Å²) in [7, 11) is 2.20. The van der Waals surface area contributed by atoms with E-state index in [0.29, 0.717) is 6.04 Å². The molecule has 0 aromatic carbocycles. The van der Waals surface area contributed by atoms with Gasteiger partial charge in [-0.25, -0.2) is 0 Å². The van der Waals surface area contributed by atoms with Crippen LogP contribution in [0.2, 0.25) is 0 Å². The van der Waals surface area contributed by atoms with Crippen LogP contribution in [0.25, 0.3) is 0 Å². The highest BCUT2D eigenvalue weighted by Gasteiger charge is 2.12. The summed E-state index contributed by atoms with van der Waals surface area (Å²) >= 11 is 0. The Morgan fingerprint density at radius 1 is 1.27 bits per heavy atom. The minimum Gasteiger partial charge on any atom is -0.329 e. The second-order valence-corrected chi connectivity index (χ2v) is 4.59. The fourth-order valence-corrected chi connectivity index (χ4v) is 1.81. The van der Waals surface area contributed by atoms with Crippen molar-refractivity contribution in [3.05, 3.63) is 0 Å². The molecular formula is C11H26N4. The maximum atomic E-state index is 5.53. The molecule has 1 atom stereocenters. The molecule has 0 radical (unpaired) electrons. The Bertz CT molecular complexity index is 155. The van der Waals surface area contributed by atoms with E-state index in [0.717, 1.165) is 13.1 Å². The van der Waals surface area contributed by atoms with Gasteiger partial charge in [-0.2, -0.15) is 0 Å². The van der Waals surface area contributed by atoms with Crippen LogP contribution in [0.4, 0.5) is 0 Å².